The van der Waals surface area contributed by atoms with Crippen LogP contribution in [0.5, 0.6) is 0 Å². The van der Waals surface area contributed by atoms with Crippen LogP contribution in [0.4, 0.5) is 5.69 Å². The monoisotopic (exact) mass is 275 g/mol. The Hall–Kier alpha value is -1.88. The van der Waals surface area contributed by atoms with Crippen molar-refractivity contribution in [1.29, 1.82) is 0 Å². The summed E-state index contributed by atoms with van der Waals surface area (Å²) in [6, 6.07) is 5.69. The summed E-state index contributed by atoms with van der Waals surface area (Å²) in [5.74, 6) is -0.130. The fourth-order valence-electron chi connectivity index (χ4n) is 1.71. The van der Waals surface area contributed by atoms with E-state index in [4.69, 9.17) is 0 Å². The molecular formula is C14H17N3OS. The molecule has 0 aliphatic heterocycles. The van der Waals surface area contributed by atoms with Crippen LogP contribution >= 0.6 is 11.3 Å². The van der Waals surface area contributed by atoms with Gasteiger partial charge in [0.2, 0.25) is 0 Å². The summed E-state index contributed by atoms with van der Waals surface area (Å²) in [5, 5.41) is 10.2. The molecule has 0 bridgehead atoms. The number of hydrogen-bond acceptors (Lipinski definition) is 4. The van der Waals surface area contributed by atoms with Gasteiger partial charge in [0.15, 0.2) is 0 Å². The minimum absolute atomic E-state index is 0.130. The molecule has 2 aromatic rings. The zero-order valence-electron chi connectivity index (χ0n) is 10.8. The van der Waals surface area contributed by atoms with Gasteiger partial charge in [-0.25, -0.2) is 0 Å². The van der Waals surface area contributed by atoms with Crippen LogP contribution in [0.1, 0.15) is 23.0 Å². The predicted octanol–water partition coefficient (Wildman–Crippen LogP) is 2.55. The molecule has 0 radical (unpaired) electrons. The van der Waals surface area contributed by atoms with Crippen LogP contribution in [0, 0.1) is 0 Å². The lowest BCUT2D eigenvalue weighted by molar-refractivity contribution is 0.0949. The van der Waals surface area contributed by atoms with Gasteiger partial charge in [0, 0.05) is 25.0 Å². The molecule has 0 spiro atoms. The van der Waals surface area contributed by atoms with Gasteiger partial charge in [-0.05, 0) is 47.9 Å². The molecule has 2 N–H and O–H groups in total. The van der Waals surface area contributed by atoms with E-state index in [0.717, 1.165) is 18.7 Å². The SMILES string of the molecule is CCNc1ccnc(C(=O)NCCc2ccsc2)c1. The maximum atomic E-state index is 11.9. The Balaban J connectivity index is 1.87. The molecule has 0 saturated heterocycles. The lowest BCUT2D eigenvalue weighted by atomic mass is 10.2. The van der Waals surface area contributed by atoms with Crippen molar-refractivity contribution in [2.75, 3.05) is 18.4 Å². The number of anilines is 1. The highest BCUT2D eigenvalue weighted by molar-refractivity contribution is 7.07. The molecule has 0 saturated carbocycles. The van der Waals surface area contributed by atoms with Gasteiger partial charge in [0.1, 0.15) is 5.69 Å². The van der Waals surface area contributed by atoms with Crippen LogP contribution < -0.4 is 10.6 Å². The molecule has 2 aromatic heterocycles. The van der Waals surface area contributed by atoms with Gasteiger partial charge in [0.05, 0.1) is 0 Å². The Morgan fingerprint density at radius 2 is 2.32 bits per heavy atom. The molecule has 0 aliphatic carbocycles. The molecule has 0 aliphatic rings. The summed E-state index contributed by atoms with van der Waals surface area (Å²) in [4.78, 5) is 16.0. The van der Waals surface area contributed by atoms with Crippen molar-refractivity contribution in [3.63, 3.8) is 0 Å². The van der Waals surface area contributed by atoms with E-state index in [0.29, 0.717) is 12.2 Å². The largest absolute Gasteiger partial charge is 0.385 e. The third-order valence-corrected chi connectivity index (χ3v) is 3.38. The van der Waals surface area contributed by atoms with Crippen molar-refractivity contribution in [2.24, 2.45) is 0 Å². The van der Waals surface area contributed by atoms with E-state index in [9.17, 15) is 4.79 Å². The van der Waals surface area contributed by atoms with Crippen LogP contribution in [-0.2, 0) is 6.42 Å². The van der Waals surface area contributed by atoms with Gasteiger partial charge in [-0.15, -0.1) is 0 Å². The zero-order chi connectivity index (χ0) is 13.5. The second-order valence-corrected chi connectivity index (χ2v) is 4.88. The number of rotatable bonds is 6. The molecule has 4 nitrogen and oxygen atoms in total. The number of nitrogens with zero attached hydrogens (tertiary/aromatic N) is 1. The highest BCUT2D eigenvalue weighted by Gasteiger charge is 2.07. The Morgan fingerprint density at radius 1 is 1.42 bits per heavy atom. The fourth-order valence-corrected chi connectivity index (χ4v) is 2.42. The average molecular weight is 275 g/mol. The number of pyridine rings is 1. The Morgan fingerprint density at radius 3 is 3.05 bits per heavy atom. The smallest absolute Gasteiger partial charge is 0.269 e. The lowest BCUT2D eigenvalue weighted by Crippen LogP contribution is -2.26. The molecule has 5 heteroatoms. The summed E-state index contributed by atoms with van der Waals surface area (Å²) in [7, 11) is 0. The van der Waals surface area contributed by atoms with E-state index in [1.54, 1.807) is 23.6 Å². The Kier molecular flexibility index (Phi) is 4.92. The van der Waals surface area contributed by atoms with Crippen molar-refractivity contribution in [3.8, 4) is 0 Å². The molecule has 0 aromatic carbocycles. The van der Waals surface area contributed by atoms with Gasteiger partial charge in [0.25, 0.3) is 5.91 Å². The fraction of sp³-hybridized carbons (Fsp3) is 0.286. The molecule has 100 valence electrons. The number of aromatic nitrogens is 1. The van der Waals surface area contributed by atoms with E-state index < -0.39 is 0 Å². The maximum absolute atomic E-state index is 11.9. The molecular weight excluding hydrogens is 258 g/mol. The van der Waals surface area contributed by atoms with E-state index >= 15 is 0 Å². The number of carbonyl (C=O) groups is 1. The van der Waals surface area contributed by atoms with Crippen molar-refractivity contribution < 1.29 is 4.79 Å². The van der Waals surface area contributed by atoms with Gasteiger partial charge in [-0.3, -0.25) is 9.78 Å². The number of amides is 1. The number of thiophene rings is 1. The highest BCUT2D eigenvalue weighted by Crippen LogP contribution is 2.08. The van der Waals surface area contributed by atoms with Gasteiger partial charge in [-0.1, -0.05) is 0 Å². The number of nitrogens with one attached hydrogen (secondary N) is 2. The first-order valence-corrected chi connectivity index (χ1v) is 7.23. The van der Waals surface area contributed by atoms with E-state index in [-0.39, 0.29) is 5.91 Å². The van der Waals surface area contributed by atoms with Crippen LogP contribution in [0.25, 0.3) is 0 Å². The summed E-state index contributed by atoms with van der Waals surface area (Å²) < 4.78 is 0. The Bertz CT molecular complexity index is 525. The minimum Gasteiger partial charge on any atom is -0.385 e. The molecule has 0 atom stereocenters. The van der Waals surface area contributed by atoms with Crippen LogP contribution in [-0.4, -0.2) is 24.0 Å². The van der Waals surface area contributed by atoms with Crippen LogP contribution in [0.2, 0.25) is 0 Å². The van der Waals surface area contributed by atoms with E-state index in [1.165, 1.54) is 5.56 Å². The average Bonchev–Trinajstić information content (AvgIpc) is 2.92. The minimum atomic E-state index is -0.130. The lowest BCUT2D eigenvalue weighted by Gasteiger charge is -2.06. The van der Waals surface area contributed by atoms with E-state index in [1.807, 2.05) is 18.4 Å². The number of hydrogen-bond donors (Lipinski definition) is 2. The first-order chi connectivity index (χ1) is 9.29. The second-order valence-electron chi connectivity index (χ2n) is 4.10. The first-order valence-electron chi connectivity index (χ1n) is 6.29. The summed E-state index contributed by atoms with van der Waals surface area (Å²) in [5.41, 5.74) is 2.61. The second kappa shape index (κ2) is 6.89. The Labute approximate surface area is 116 Å². The van der Waals surface area contributed by atoms with Crippen molar-refractivity contribution in [1.82, 2.24) is 10.3 Å². The normalized spacial score (nSPS) is 10.2. The molecule has 19 heavy (non-hydrogen) atoms. The molecule has 2 rings (SSSR count). The number of carbonyl (C=O) groups excluding carboxylic acids is 1. The van der Waals surface area contributed by atoms with Crippen molar-refractivity contribution in [3.05, 3.63) is 46.4 Å². The summed E-state index contributed by atoms with van der Waals surface area (Å²) >= 11 is 1.67. The van der Waals surface area contributed by atoms with Crippen molar-refractivity contribution in [2.45, 2.75) is 13.3 Å². The van der Waals surface area contributed by atoms with E-state index in [2.05, 4.69) is 27.1 Å². The van der Waals surface area contributed by atoms with Gasteiger partial charge >= 0.3 is 0 Å². The third-order valence-electron chi connectivity index (χ3n) is 2.65. The van der Waals surface area contributed by atoms with Crippen LogP contribution in [0.15, 0.2) is 35.2 Å². The highest BCUT2D eigenvalue weighted by atomic mass is 32.1. The molecule has 0 unspecified atom stereocenters. The molecule has 2 heterocycles. The topological polar surface area (TPSA) is 54.0 Å². The van der Waals surface area contributed by atoms with Crippen molar-refractivity contribution >= 4 is 22.9 Å². The van der Waals surface area contributed by atoms with Gasteiger partial charge in [-0.2, -0.15) is 11.3 Å². The maximum Gasteiger partial charge on any atom is 0.269 e. The molecule has 0 fully saturated rings. The van der Waals surface area contributed by atoms with Crippen LogP contribution in [0.3, 0.4) is 0 Å². The van der Waals surface area contributed by atoms with Gasteiger partial charge < -0.3 is 10.6 Å². The standard InChI is InChI=1S/C14H17N3OS/c1-2-15-12-4-7-16-13(9-12)14(18)17-6-3-11-5-8-19-10-11/h4-5,7-10H,2-3,6H2,1H3,(H,15,16)(H,17,18). The first kappa shape index (κ1) is 13.5. The summed E-state index contributed by atoms with van der Waals surface area (Å²) in [6.45, 7) is 3.47. The summed E-state index contributed by atoms with van der Waals surface area (Å²) in [6.07, 6.45) is 2.49. The zero-order valence-corrected chi connectivity index (χ0v) is 11.7. The molecule has 1 amide bonds. The predicted molar refractivity (Wildman–Crippen MR) is 78.8 cm³/mol. The third kappa shape index (κ3) is 4.06. The quantitative estimate of drug-likeness (QED) is 0.852.